The zero-order valence-corrected chi connectivity index (χ0v) is 16.1. The van der Waals surface area contributed by atoms with Gasteiger partial charge in [0, 0.05) is 30.8 Å². The van der Waals surface area contributed by atoms with Gasteiger partial charge in [-0.15, -0.1) is 0 Å². The fourth-order valence-electron chi connectivity index (χ4n) is 4.67. The molecule has 1 saturated carbocycles. The second kappa shape index (κ2) is 8.48. The molecule has 0 bridgehead atoms. The highest BCUT2D eigenvalue weighted by atomic mass is 19.1. The Morgan fingerprint density at radius 1 is 1.07 bits per heavy atom. The molecule has 2 aliphatic rings. The lowest BCUT2D eigenvalue weighted by Gasteiger charge is -2.28. The van der Waals surface area contributed by atoms with Gasteiger partial charge in [0.2, 0.25) is 0 Å². The first-order valence-corrected chi connectivity index (χ1v) is 10.4. The molecule has 150 valence electrons. The Morgan fingerprint density at radius 3 is 2.54 bits per heavy atom. The van der Waals surface area contributed by atoms with Crippen LogP contribution in [0.3, 0.4) is 0 Å². The molecule has 5 heteroatoms. The summed E-state index contributed by atoms with van der Waals surface area (Å²) in [6, 6.07) is 10.9. The summed E-state index contributed by atoms with van der Waals surface area (Å²) in [6.45, 7) is 0.718. The lowest BCUT2D eigenvalue weighted by atomic mass is 9.87. The minimum absolute atomic E-state index is 0.0914. The maximum Gasteiger partial charge on any atom is 0.308 e. The Morgan fingerprint density at radius 2 is 1.82 bits per heavy atom. The van der Waals surface area contributed by atoms with Gasteiger partial charge >= 0.3 is 5.97 Å². The number of carbonyl (C=O) groups excluding carboxylic acids is 1. The number of aliphatic hydroxyl groups excluding tert-OH is 1. The van der Waals surface area contributed by atoms with Crippen LogP contribution in [0, 0.1) is 5.82 Å². The normalized spacial score (nSPS) is 23.6. The largest absolute Gasteiger partial charge is 0.462 e. The van der Waals surface area contributed by atoms with E-state index in [-0.39, 0.29) is 24.3 Å². The third-order valence-corrected chi connectivity index (χ3v) is 6.09. The van der Waals surface area contributed by atoms with Crippen LogP contribution < -0.4 is 0 Å². The molecule has 4 nitrogen and oxygen atoms in total. The molecule has 0 radical (unpaired) electrons. The molecule has 2 fully saturated rings. The zero-order valence-electron chi connectivity index (χ0n) is 16.1. The van der Waals surface area contributed by atoms with Gasteiger partial charge in [-0.2, -0.15) is 0 Å². The number of esters is 1. The number of ether oxygens (including phenoxy) is 1. The van der Waals surface area contributed by atoms with Gasteiger partial charge < -0.3 is 14.4 Å². The number of halogens is 1. The number of hydrogen-bond donors (Lipinski definition) is 1. The highest BCUT2D eigenvalue weighted by Gasteiger charge is 2.28. The molecule has 1 aliphatic heterocycles. The van der Waals surface area contributed by atoms with Crippen LogP contribution in [-0.4, -0.2) is 27.9 Å². The van der Waals surface area contributed by atoms with Crippen molar-refractivity contribution in [1.29, 1.82) is 0 Å². The van der Waals surface area contributed by atoms with E-state index in [9.17, 15) is 14.3 Å². The molecule has 1 aromatic heterocycles. The second-order valence-corrected chi connectivity index (χ2v) is 8.13. The van der Waals surface area contributed by atoms with E-state index in [1.165, 1.54) is 49.9 Å². The van der Waals surface area contributed by atoms with Crippen molar-refractivity contribution in [3.05, 3.63) is 47.9 Å². The van der Waals surface area contributed by atoms with Crippen molar-refractivity contribution in [2.24, 2.45) is 0 Å². The Bertz CT molecular complexity index is 808. The zero-order chi connectivity index (χ0) is 19.5. The molecule has 0 spiro atoms. The van der Waals surface area contributed by atoms with E-state index in [0.29, 0.717) is 18.8 Å². The van der Waals surface area contributed by atoms with Gasteiger partial charge in [-0.3, -0.25) is 4.79 Å². The first kappa shape index (κ1) is 19.2. The smallest absolute Gasteiger partial charge is 0.308 e. The van der Waals surface area contributed by atoms with E-state index < -0.39 is 6.10 Å². The van der Waals surface area contributed by atoms with E-state index in [0.717, 1.165) is 17.8 Å². The summed E-state index contributed by atoms with van der Waals surface area (Å²) in [5.41, 5.74) is 3.38. The average Bonchev–Trinajstić information content (AvgIpc) is 3.11. The summed E-state index contributed by atoms with van der Waals surface area (Å²) >= 11 is 0. The van der Waals surface area contributed by atoms with Crippen LogP contribution in [0.5, 0.6) is 0 Å². The summed E-state index contributed by atoms with van der Waals surface area (Å²) in [5.74, 6) is -0.0116. The molecule has 2 heterocycles. The van der Waals surface area contributed by atoms with Crippen LogP contribution >= 0.6 is 0 Å². The Kier molecular flexibility index (Phi) is 5.81. The van der Waals surface area contributed by atoms with Gasteiger partial charge in [0.1, 0.15) is 11.9 Å². The van der Waals surface area contributed by atoms with Crippen molar-refractivity contribution >= 4 is 5.97 Å². The SMILES string of the molecule is O=C1C[C@@H](O)C[C@H](CCn2c(-c3ccc(F)cc3)ccc2C2CCCCC2)O1. The molecule has 0 unspecified atom stereocenters. The van der Waals surface area contributed by atoms with Gasteiger partial charge in [0.25, 0.3) is 0 Å². The van der Waals surface area contributed by atoms with Gasteiger partial charge in [-0.1, -0.05) is 19.3 Å². The van der Waals surface area contributed by atoms with Gasteiger partial charge in [0.05, 0.1) is 12.5 Å². The predicted molar refractivity (Wildman–Crippen MR) is 105 cm³/mol. The quantitative estimate of drug-likeness (QED) is 0.753. The molecule has 0 amide bonds. The molecular weight excluding hydrogens is 357 g/mol. The molecule has 1 aromatic carbocycles. The van der Waals surface area contributed by atoms with E-state index in [4.69, 9.17) is 4.74 Å². The number of aromatic nitrogens is 1. The van der Waals surface area contributed by atoms with Crippen LogP contribution in [-0.2, 0) is 16.1 Å². The van der Waals surface area contributed by atoms with Gasteiger partial charge in [-0.05, 0) is 60.7 Å². The van der Waals surface area contributed by atoms with Crippen LogP contribution in [0.15, 0.2) is 36.4 Å². The number of cyclic esters (lactones) is 1. The number of carbonyl (C=O) groups is 1. The molecule has 1 saturated heterocycles. The van der Waals surface area contributed by atoms with Crippen molar-refractivity contribution in [2.75, 3.05) is 0 Å². The molecule has 1 N–H and O–H groups in total. The minimum Gasteiger partial charge on any atom is -0.462 e. The van der Waals surface area contributed by atoms with Crippen LogP contribution in [0.25, 0.3) is 11.3 Å². The fourth-order valence-corrected chi connectivity index (χ4v) is 4.67. The lowest BCUT2D eigenvalue weighted by molar-refractivity contribution is -0.160. The third-order valence-electron chi connectivity index (χ3n) is 6.09. The van der Waals surface area contributed by atoms with E-state index in [1.807, 2.05) is 12.1 Å². The van der Waals surface area contributed by atoms with Crippen LogP contribution in [0.2, 0.25) is 0 Å². The monoisotopic (exact) mass is 385 g/mol. The maximum atomic E-state index is 13.4. The number of nitrogens with zero attached hydrogens (tertiary/aromatic N) is 1. The first-order chi connectivity index (χ1) is 13.6. The molecule has 2 aromatic rings. The molecule has 4 rings (SSSR count). The van der Waals surface area contributed by atoms with Gasteiger partial charge in [0.15, 0.2) is 0 Å². The number of aliphatic hydroxyl groups is 1. The number of benzene rings is 1. The number of rotatable bonds is 5. The second-order valence-electron chi connectivity index (χ2n) is 8.13. The first-order valence-electron chi connectivity index (χ1n) is 10.4. The Labute approximate surface area is 165 Å². The topological polar surface area (TPSA) is 51.5 Å². The highest BCUT2D eigenvalue weighted by molar-refractivity contribution is 5.71. The third kappa shape index (κ3) is 4.30. The standard InChI is InChI=1S/C23H28FNO3/c24-18-8-6-17(7-9-18)22-11-10-21(16-4-2-1-3-5-16)25(22)13-12-20-14-19(26)15-23(27)28-20/h6-11,16,19-20,26H,1-5,12-15H2/t19-,20-/m0/s1. The Hall–Kier alpha value is -2.14. The average molecular weight is 385 g/mol. The van der Waals surface area contributed by atoms with E-state index in [2.05, 4.69) is 16.7 Å². The minimum atomic E-state index is -0.606. The summed E-state index contributed by atoms with van der Waals surface area (Å²) < 4.78 is 21.1. The molecule has 2 atom stereocenters. The van der Waals surface area contributed by atoms with Crippen LogP contribution in [0.4, 0.5) is 4.39 Å². The van der Waals surface area contributed by atoms with Crippen molar-refractivity contribution in [1.82, 2.24) is 4.57 Å². The van der Waals surface area contributed by atoms with E-state index in [1.54, 1.807) is 0 Å². The molecule has 1 aliphatic carbocycles. The van der Waals surface area contributed by atoms with Gasteiger partial charge in [-0.25, -0.2) is 4.39 Å². The van der Waals surface area contributed by atoms with Crippen molar-refractivity contribution in [3.63, 3.8) is 0 Å². The predicted octanol–water partition coefficient (Wildman–Crippen LogP) is 4.80. The molecular formula is C23H28FNO3. The van der Waals surface area contributed by atoms with Crippen molar-refractivity contribution in [2.45, 2.75) is 76.0 Å². The summed E-state index contributed by atoms with van der Waals surface area (Å²) in [7, 11) is 0. The van der Waals surface area contributed by atoms with Crippen molar-refractivity contribution < 1.29 is 19.0 Å². The van der Waals surface area contributed by atoms with Crippen molar-refractivity contribution in [3.8, 4) is 11.3 Å². The highest BCUT2D eigenvalue weighted by Crippen LogP contribution is 2.36. The summed E-state index contributed by atoms with van der Waals surface area (Å²) in [6.07, 6.45) is 6.62. The Balaban J connectivity index is 1.59. The molecule has 28 heavy (non-hydrogen) atoms. The number of hydrogen-bond acceptors (Lipinski definition) is 3. The van der Waals surface area contributed by atoms with Crippen LogP contribution in [0.1, 0.15) is 63.0 Å². The lowest BCUT2D eigenvalue weighted by Crippen LogP contribution is -2.33. The summed E-state index contributed by atoms with van der Waals surface area (Å²) in [5, 5.41) is 9.88. The fraction of sp³-hybridized carbons (Fsp3) is 0.522. The summed E-state index contributed by atoms with van der Waals surface area (Å²) in [4.78, 5) is 11.7. The van der Waals surface area contributed by atoms with E-state index >= 15 is 0 Å². The maximum absolute atomic E-state index is 13.4.